The second kappa shape index (κ2) is 8.04. The average Bonchev–Trinajstić information content (AvgIpc) is 3.05. The van der Waals surface area contributed by atoms with E-state index in [0.717, 1.165) is 5.56 Å². The van der Waals surface area contributed by atoms with E-state index in [0.29, 0.717) is 13.1 Å². The van der Waals surface area contributed by atoms with E-state index in [2.05, 4.69) is 5.32 Å². The van der Waals surface area contributed by atoms with Crippen LogP contribution in [0.5, 0.6) is 0 Å². The quantitative estimate of drug-likeness (QED) is 0.605. The number of carbonyl (C=O) groups excluding carboxylic acids is 1. The Morgan fingerprint density at radius 1 is 1.30 bits per heavy atom. The van der Waals surface area contributed by atoms with Crippen LogP contribution >= 0.6 is 11.6 Å². The zero-order valence-corrected chi connectivity index (χ0v) is 15.6. The Morgan fingerprint density at radius 3 is 2.67 bits per heavy atom. The number of amides is 1. The number of nitro benzene ring substituents is 1. The first-order chi connectivity index (χ1) is 12.9. The van der Waals surface area contributed by atoms with Crippen LogP contribution in [-0.2, 0) is 4.79 Å². The first-order valence-corrected chi connectivity index (χ1v) is 9.04. The van der Waals surface area contributed by atoms with Crippen molar-refractivity contribution in [2.75, 3.05) is 18.4 Å². The van der Waals surface area contributed by atoms with Crippen LogP contribution in [0.25, 0.3) is 0 Å². The van der Waals surface area contributed by atoms with Crippen LogP contribution < -0.4 is 11.1 Å². The summed E-state index contributed by atoms with van der Waals surface area (Å²) in [4.78, 5) is 25.1. The summed E-state index contributed by atoms with van der Waals surface area (Å²) in [7, 11) is 0. The molecule has 8 heteroatoms. The molecule has 2 aromatic rings. The molecule has 142 valence electrons. The molecule has 1 unspecified atom stereocenters. The first kappa shape index (κ1) is 19.3. The number of halogens is 1. The number of benzene rings is 2. The summed E-state index contributed by atoms with van der Waals surface area (Å²) in [6.45, 7) is 3.06. The average molecular weight is 389 g/mol. The van der Waals surface area contributed by atoms with Gasteiger partial charge in [0.1, 0.15) is 0 Å². The molecule has 27 heavy (non-hydrogen) atoms. The normalized spacial score (nSPS) is 21.0. The predicted molar refractivity (Wildman–Crippen MR) is 105 cm³/mol. The summed E-state index contributed by atoms with van der Waals surface area (Å²) in [6, 6.07) is 13.4. The second-order valence-corrected chi connectivity index (χ2v) is 7.13. The summed E-state index contributed by atoms with van der Waals surface area (Å²) in [5.74, 6) is -0.124. The van der Waals surface area contributed by atoms with Crippen molar-refractivity contribution >= 4 is 28.9 Å². The maximum Gasteiger partial charge on any atom is 0.271 e. The molecular formula is C19H21ClN4O3. The van der Waals surface area contributed by atoms with Crippen molar-refractivity contribution < 1.29 is 9.72 Å². The molecule has 0 spiro atoms. The number of nitrogens with zero attached hydrogens (tertiary/aromatic N) is 2. The Bertz CT molecular complexity index is 846. The molecule has 1 heterocycles. The van der Waals surface area contributed by atoms with Gasteiger partial charge in [-0.05, 0) is 18.6 Å². The molecule has 0 saturated carbocycles. The topological polar surface area (TPSA) is 101 Å². The third-order valence-corrected chi connectivity index (χ3v) is 5.30. The number of likely N-dealkylation sites (tertiary alicyclic amines) is 1. The lowest BCUT2D eigenvalue weighted by atomic mass is 9.95. The number of carbonyl (C=O) groups is 1. The fourth-order valence-electron chi connectivity index (χ4n) is 3.36. The molecule has 7 nitrogen and oxygen atoms in total. The van der Waals surface area contributed by atoms with Crippen LogP contribution in [0.4, 0.5) is 11.4 Å². The fraction of sp³-hybridized carbons (Fsp3) is 0.316. The maximum absolute atomic E-state index is 12.7. The highest BCUT2D eigenvalue weighted by molar-refractivity contribution is 6.33. The van der Waals surface area contributed by atoms with Crippen molar-refractivity contribution in [1.29, 1.82) is 0 Å². The van der Waals surface area contributed by atoms with E-state index in [1.54, 1.807) is 6.92 Å². The van der Waals surface area contributed by atoms with Crippen LogP contribution in [0.2, 0.25) is 5.02 Å². The first-order valence-electron chi connectivity index (χ1n) is 8.66. The van der Waals surface area contributed by atoms with Crippen molar-refractivity contribution in [1.82, 2.24) is 4.90 Å². The largest absolute Gasteiger partial charge is 0.326 e. The summed E-state index contributed by atoms with van der Waals surface area (Å²) in [6.07, 6.45) is 0. The molecule has 1 fully saturated rings. The molecule has 0 aliphatic carbocycles. The molecule has 3 rings (SSSR count). The van der Waals surface area contributed by atoms with Gasteiger partial charge in [0.2, 0.25) is 5.91 Å². The minimum Gasteiger partial charge on any atom is -0.326 e. The number of nitro groups is 1. The molecule has 2 aromatic carbocycles. The number of hydrogen-bond donors (Lipinski definition) is 2. The highest BCUT2D eigenvalue weighted by atomic mass is 35.5. The smallest absolute Gasteiger partial charge is 0.271 e. The van der Waals surface area contributed by atoms with Gasteiger partial charge in [-0.25, -0.2) is 0 Å². The van der Waals surface area contributed by atoms with Crippen molar-refractivity contribution in [2.24, 2.45) is 5.73 Å². The van der Waals surface area contributed by atoms with Gasteiger partial charge < -0.3 is 11.1 Å². The lowest BCUT2D eigenvalue weighted by Gasteiger charge is -2.23. The van der Waals surface area contributed by atoms with E-state index in [9.17, 15) is 14.9 Å². The molecular weight excluding hydrogens is 368 g/mol. The number of anilines is 1. The van der Waals surface area contributed by atoms with Crippen molar-refractivity contribution in [3.63, 3.8) is 0 Å². The highest BCUT2D eigenvalue weighted by Gasteiger charge is 2.35. The molecule has 3 N–H and O–H groups in total. The summed E-state index contributed by atoms with van der Waals surface area (Å²) in [5.41, 5.74) is 7.55. The van der Waals surface area contributed by atoms with E-state index in [1.165, 1.54) is 18.2 Å². The van der Waals surface area contributed by atoms with Gasteiger partial charge in [-0.1, -0.05) is 41.9 Å². The molecule has 1 aliphatic rings. The molecule has 1 amide bonds. The zero-order chi connectivity index (χ0) is 19.6. The Balaban J connectivity index is 1.69. The summed E-state index contributed by atoms with van der Waals surface area (Å²) in [5, 5.41) is 13.9. The molecule has 0 bridgehead atoms. The Kier molecular flexibility index (Phi) is 5.74. The molecule has 1 saturated heterocycles. The lowest BCUT2D eigenvalue weighted by molar-refractivity contribution is -0.384. The maximum atomic E-state index is 12.7. The molecule has 3 atom stereocenters. The van der Waals surface area contributed by atoms with Crippen LogP contribution in [0.1, 0.15) is 18.4 Å². The summed E-state index contributed by atoms with van der Waals surface area (Å²) >= 11 is 6.06. The van der Waals surface area contributed by atoms with Gasteiger partial charge in [-0.2, -0.15) is 0 Å². The minimum atomic E-state index is -0.528. The van der Waals surface area contributed by atoms with E-state index >= 15 is 0 Å². The number of nitrogens with two attached hydrogens (primary N) is 1. The van der Waals surface area contributed by atoms with E-state index in [1.807, 2.05) is 35.2 Å². The van der Waals surface area contributed by atoms with Gasteiger partial charge in [0.25, 0.3) is 5.69 Å². The summed E-state index contributed by atoms with van der Waals surface area (Å²) < 4.78 is 0. The molecule has 0 aromatic heterocycles. The SMILES string of the molecule is CC(C(=O)Nc1cc([N+](=O)[O-])ccc1Cl)N1C[C@@H](N)[C@H](c2ccccc2)C1. The Labute approximate surface area is 162 Å². The number of rotatable bonds is 5. The Morgan fingerprint density at radius 2 is 2.00 bits per heavy atom. The third kappa shape index (κ3) is 4.27. The van der Waals surface area contributed by atoms with Gasteiger partial charge >= 0.3 is 0 Å². The lowest BCUT2D eigenvalue weighted by Crippen LogP contribution is -2.41. The number of nitrogens with one attached hydrogen (secondary N) is 1. The van der Waals surface area contributed by atoms with Crippen molar-refractivity contribution in [3.8, 4) is 0 Å². The number of hydrogen-bond acceptors (Lipinski definition) is 5. The van der Waals surface area contributed by atoms with Gasteiger partial charge in [0, 0.05) is 37.2 Å². The van der Waals surface area contributed by atoms with Crippen LogP contribution in [0.3, 0.4) is 0 Å². The predicted octanol–water partition coefficient (Wildman–Crippen LogP) is 3.00. The van der Waals surface area contributed by atoms with Gasteiger partial charge in [0.05, 0.1) is 21.7 Å². The van der Waals surface area contributed by atoms with E-state index in [-0.39, 0.29) is 34.3 Å². The van der Waals surface area contributed by atoms with E-state index < -0.39 is 11.0 Å². The van der Waals surface area contributed by atoms with Gasteiger partial charge in [0.15, 0.2) is 0 Å². The fourth-order valence-corrected chi connectivity index (χ4v) is 3.52. The number of non-ortho nitro benzene ring substituents is 1. The van der Waals surface area contributed by atoms with Gasteiger partial charge in [-0.3, -0.25) is 19.8 Å². The monoisotopic (exact) mass is 388 g/mol. The molecule has 1 aliphatic heterocycles. The van der Waals surface area contributed by atoms with Gasteiger partial charge in [-0.15, -0.1) is 0 Å². The molecule has 0 radical (unpaired) electrons. The van der Waals surface area contributed by atoms with Crippen LogP contribution in [-0.4, -0.2) is 40.9 Å². The Hall–Kier alpha value is -2.48. The minimum absolute atomic E-state index is 0.0657. The zero-order valence-electron chi connectivity index (χ0n) is 14.8. The van der Waals surface area contributed by atoms with E-state index in [4.69, 9.17) is 17.3 Å². The third-order valence-electron chi connectivity index (χ3n) is 4.97. The van der Waals surface area contributed by atoms with Crippen LogP contribution in [0.15, 0.2) is 48.5 Å². The van der Waals surface area contributed by atoms with Crippen molar-refractivity contribution in [3.05, 3.63) is 69.2 Å². The highest BCUT2D eigenvalue weighted by Crippen LogP contribution is 2.29. The van der Waals surface area contributed by atoms with Crippen LogP contribution in [0, 0.1) is 10.1 Å². The van der Waals surface area contributed by atoms with Crippen molar-refractivity contribution in [2.45, 2.75) is 24.9 Å². The second-order valence-electron chi connectivity index (χ2n) is 6.72. The standard InChI is InChI=1S/C19H21ClN4O3/c1-12(19(25)22-18-9-14(24(26)27)7-8-16(18)20)23-10-15(17(21)11-23)13-5-3-2-4-6-13/h2-9,12,15,17H,10-11,21H2,1H3,(H,22,25)/t12?,15-,17+/m0/s1.